The van der Waals surface area contributed by atoms with Gasteiger partial charge in [0, 0.05) is 12.1 Å². The molecule has 0 radical (unpaired) electrons. The summed E-state index contributed by atoms with van der Waals surface area (Å²) in [4.78, 5) is 12.4. The van der Waals surface area contributed by atoms with Crippen molar-refractivity contribution in [2.24, 2.45) is 0 Å². The minimum absolute atomic E-state index is 0.101. The van der Waals surface area contributed by atoms with Gasteiger partial charge in [-0.05, 0) is 30.0 Å². The lowest BCUT2D eigenvalue weighted by molar-refractivity contribution is -0.116. The van der Waals surface area contributed by atoms with Crippen LogP contribution in [0.15, 0.2) is 60.7 Å². The van der Waals surface area contributed by atoms with E-state index in [4.69, 9.17) is 0 Å². The van der Waals surface area contributed by atoms with Crippen LogP contribution in [0.25, 0.3) is 0 Å². The molecule has 0 saturated carbocycles. The van der Waals surface area contributed by atoms with E-state index in [0.717, 1.165) is 12.1 Å². The maximum atomic E-state index is 12.4. The first-order valence-electron chi connectivity index (χ1n) is 9.19. The SMILES string of the molecule is CCCCCCC[C@H](CC(=O)Nc1ccccc1)c1ccccc1. The number of hydrogen-bond donors (Lipinski definition) is 1. The van der Waals surface area contributed by atoms with Crippen molar-refractivity contribution < 1.29 is 4.79 Å². The maximum Gasteiger partial charge on any atom is 0.224 e. The van der Waals surface area contributed by atoms with Gasteiger partial charge in [-0.3, -0.25) is 4.79 Å². The van der Waals surface area contributed by atoms with Crippen molar-refractivity contribution in [3.8, 4) is 0 Å². The summed E-state index contributed by atoms with van der Waals surface area (Å²) in [5, 5.41) is 3.01. The summed E-state index contributed by atoms with van der Waals surface area (Å²) in [5.74, 6) is 0.403. The Bertz CT molecular complexity index is 579. The molecule has 2 rings (SSSR count). The van der Waals surface area contributed by atoms with Gasteiger partial charge in [-0.15, -0.1) is 0 Å². The summed E-state index contributed by atoms with van der Waals surface area (Å²) in [7, 11) is 0. The molecule has 0 aliphatic carbocycles. The molecule has 0 heterocycles. The summed E-state index contributed by atoms with van der Waals surface area (Å²) in [6.07, 6.45) is 7.96. The minimum Gasteiger partial charge on any atom is -0.326 e. The predicted molar refractivity (Wildman–Crippen MR) is 102 cm³/mol. The van der Waals surface area contributed by atoms with E-state index in [-0.39, 0.29) is 5.91 Å². The summed E-state index contributed by atoms with van der Waals surface area (Å²) in [6.45, 7) is 2.24. The Balaban J connectivity index is 1.91. The molecule has 0 aliphatic heterocycles. The van der Waals surface area contributed by atoms with Crippen molar-refractivity contribution >= 4 is 11.6 Å². The molecule has 0 spiro atoms. The smallest absolute Gasteiger partial charge is 0.224 e. The number of hydrogen-bond acceptors (Lipinski definition) is 1. The van der Waals surface area contributed by atoms with E-state index >= 15 is 0 Å². The number of carbonyl (C=O) groups is 1. The van der Waals surface area contributed by atoms with Crippen LogP contribution in [0.2, 0.25) is 0 Å². The van der Waals surface area contributed by atoms with Crippen LogP contribution in [0.5, 0.6) is 0 Å². The topological polar surface area (TPSA) is 29.1 Å². The molecule has 0 bridgehead atoms. The van der Waals surface area contributed by atoms with E-state index in [9.17, 15) is 4.79 Å². The van der Waals surface area contributed by atoms with Gasteiger partial charge < -0.3 is 5.32 Å². The molecule has 1 N–H and O–H groups in total. The van der Waals surface area contributed by atoms with Gasteiger partial charge in [0.15, 0.2) is 0 Å². The Kier molecular flexibility index (Phi) is 8.09. The van der Waals surface area contributed by atoms with Crippen molar-refractivity contribution in [2.45, 2.75) is 57.8 Å². The van der Waals surface area contributed by atoms with Crippen LogP contribution in [0.3, 0.4) is 0 Å². The highest BCUT2D eigenvalue weighted by atomic mass is 16.1. The second-order valence-electron chi connectivity index (χ2n) is 6.43. The van der Waals surface area contributed by atoms with E-state index in [1.54, 1.807) is 0 Å². The lowest BCUT2D eigenvalue weighted by atomic mass is 9.90. The number of rotatable bonds is 10. The van der Waals surface area contributed by atoms with Gasteiger partial charge in [0.05, 0.1) is 0 Å². The molecule has 2 aromatic carbocycles. The maximum absolute atomic E-state index is 12.4. The third kappa shape index (κ3) is 6.57. The Morgan fingerprint density at radius 3 is 2.17 bits per heavy atom. The van der Waals surface area contributed by atoms with Crippen LogP contribution < -0.4 is 5.32 Å². The van der Waals surface area contributed by atoms with Crippen LogP contribution in [0, 0.1) is 0 Å². The molecule has 0 aliphatic rings. The first kappa shape index (κ1) is 18.3. The summed E-state index contributed by atoms with van der Waals surface area (Å²) >= 11 is 0. The predicted octanol–water partition coefficient (Wildman–Crippen LogP) is 6.16. The van der Waals surface area contributed by atoms with E-state index < -0.39 is 0 Å². The number of unbranched alkanes of at least 4 members (excludes halogenated alkanes) is 4. The average Bonchev–Trinajstić information content (AvgIpc) is 2.62. The number of anilines is 1. The van der Waals surface area contributed by atoms with Gasteiger partial charge in [-0.25, -0.2) is 0 Å². The minimum atomic E-state index is 0.101. The molecule has 24 heavy (non-hydrogen) atoms. The number of amides is 1. The Morgan fingerprint density at radius 2 is 1.50 bits per heavy atom. The Hall–Kier alpha value is -2.09. The standard InChI is InChI=1S/C22H29NO/c1-2-3-4-5-8-15-20(19-13-9-6-10-14-19)18-22(24)23-21-16-11-7-12-17-21/h6-7,9-14,16-17,20H,2-5,8,15,18H2,1H3,(H,23,24)/t20-/m1/s1. The monoisotopic (exact) mass is 323 g/mol. The number of benzene rings is 2. The van der Waals surface area contributed by atoms with Crippen LogP contribution >= 0.6 is 0 Å². The van der Waals surface area contributed by atoms with Gasteiger partial charge in [0.2, 0.25) is 5.91 Å². The highest BCUT2D eigenvalue weighted by Crippen LogP contribution is 2.26. The molecule has 2 aromatic rings. The quantitative estimate of drug-likeness (QED) is 0.521. The second-order valence-corrected chi connectivity index (χ2v) is 6.43. The molecule has 128 valence electrons. The third-order valence-electron chi connectivity index (χ3n) is 4.42. The molecule has 1 atom stereocenters. The summed E-state index contributed by atoms with van der Waals surface area (Å²) < 4.78 is 0. The first-order valence-corrected chi connectivity index (χ1v) is 9.19. The summed E-state index contributed by atoms with van der Waals surface area (Å²) in [5.41, 5.74) is 2.15. The molecule has 1 amide bonds. The molecule has 2 heteroatoms. The highest BCUT2D eigenvalue weighted by molar-refractivity contribution is 5.91. The molecular weight excluding hydrogens is 294 g/mol. The Labute approximate surface area is 146 Å². The van der Waals surface area contributed by atoms with E-state index in [0.29, 0.717) is 12.3 Å². The molecule has 0 fully saturated rings. The number of nitrogens with one attached hydrogen (secondary N) is 1. The van der Waals surface area contributed by atoms with Gasteiger partial charge >= 0.3 is 0 Å². The van der Waals surface area contributed by atoms with Crippen molar-refractivity contribution in [1.82, 2.24) is 0 Å². The molecule has 0 saturated heterocycles. The largest absolute Gasteiger partial charge is 0.326 e. The normalized spacial score (nSPS) is 11.9. The van der Waals surface area contributed by atoms with Crippen LogP contribution in [-0.4, -0.2) is 5.91 Å². The fourth-order valence-electron chi connectivity index (χ4n) is 3.06. The highest BCUT2D eigenvalue weighted by Gasteiger charge is 2.16. The van der Waals surface area contributed by atoms with Gasteiger partial charge in [-0.2, -0.15) is 0 Å². The molecule has 0 unspecified atom stereocenters. The first-order chi connectivity index (χ1) is 11.8. The fraction of sp³-hybridized carbons (Fsp3) is 0.409. The summed E-state index contributed by atoms with van der Waals surface area (Å²) in [6, 6.07) is 20.2. The van der Waals surface area contributed by atoms with Crippen molar-refractivity contribution in [2.75, 3.05) is 5.32 Å². The molecule has 2 nitrogen and oxygen atoms in total. The zero-order valence-corrected chi connectivity index (χ0v) is 14.7. The van der Waals surface area contributed by atoms with Crippen LogP contribution in [0.4, 0.5) is 5.69 Å². The van der Waals surface area contributed by atoms with Crippen molar-refractivity contribution in [1.29, 1.82) is 0 Å². The number of carbonyl (C=O) groups excluding carboxylic acids is 1. The van der Waals surface area contributed by atoms with E-state index in [2.05, 4.69) is 36.5 Å². The number of para-hydroxylation sites is 1. The van der Waals surface area contributed by atoms with Gasteiger partial charge in [-0.1, -0.05) is 87.6 Å². The van der Waals surface area contributed by atoms with Crippen molar-refractivity contribution in [3.63, 3.8) is 0 Å². The average molecular weight is 323 g/mol. The zero-order chi connectivity index (χ0) is 17.0. The second kappa shape index (κ2) is 10.6. The molecule has 0 aromatic heterocycles. The van der Waals surface area contributed by atoms with Crippen molar-refractivity contribution in [3.05, 3.63) is 66.2 Å². The van der Waals surface area contributed by atoms with Gasteiger partial charge in [0.25, 0.3) is 0 Å². The van der Waals surface area contributed by atoms with E-state index in [1.807, 2.05) is 36.4 Å². The fourth-order valence-corrected chi connectivity index (χ4v) is 3.06. The lowest BCUT2D eigenvalue weighted by Gasteiger charge is -2.17. The third-order valence-corrected chi connectivity index (χ3v) is 4.42. The van der Waals surface area contributed by atoms with Crippen LogP contribution in [-0.2, 0) is 4.79 Å². The lowest BCUT2D eigenvalue weighted by Crippen LogP contribution is -2.15. The molecular formula is C22H29NO. The van der Waals surface area contributed by atoms with E-state index in [1.165, 1.54) is 37.7 Å². The Morgan fingerprint density at radius 1 is 0.875 bits per heavy atom. The zero-order valence-electron chi connectivity index (χ0n) is 14.7. The van der Waals surface area contributed by atoms with Gasteiger partial charge in [0.1, 0.15) is 0 Å². The van der Waals surface area contributed by atoms with Crippen LogP contribution in [0.1, 0.15) is 63.4 Å².